The summed E-state index contributed by atoms with van der Waals surface area (Å²) in [5.41, 5.74) is 7.28. The Morgan fingerprint density at radius 2 is 2.03 bits per heavy atom. The Morgan fingerprint density at radius 3 is 2.72 bits per heavy atom. The number of benzene rings is 1. The number of hydrogen-bond donors (Lipinski definition) is 3. The normalized spacial score (nSPS) is 14.1. The number of nitrogens with two attached hydrogens (primary N) is 1. The molecule has 1 aromatic carbocycles. The minimum Gasteiger partial charge on any atom is -0.383 e. The molecule has 32 heavy (non-hydrogen) atoms. The molecule has 4 N–H and O–H groups in total. The largest absolute Gasteiger partial charge is 0.383 e. The van der Waals surface area contributed by atoms with Crippen molar-refractivity contribution in [2.45, 2.75) is 38.4 Å². The van der Waals surface area contributed by atoms with E-state index in [2.05, 4.69) is 30.3 Å². The van der Waals surface area contributed by atoms with Gasteiger partial charge in [0, 0.05) is 23.9 Å². The molecule has 3 heterocycles. The van der Waals surface area contributed by atoms with Gasteiger partial charge in [-0.1, -0.05) is 11.2 Å². The van der Waals surface area contributed by atoms with E-state index in [0.29, 0.717) is 29.0 Å². The molecule has 10 heteroatoms. The Morgan fingerprint density at radius 1 is 1.22 bits per heavy atom. The van der Waals surface area contributed by atoms with Crippen molar-refractivity contribution in [3.05, 3.63) is 48.3 Å². The summed E-state index contributed by atoms with van der Waals surface area (Å²) in [5.74, 6) is 0.243. The number of halogens is 2. The first-order chi connectivity index (χ1) is 15.3. The summed E-state index contributed by atoms with van der Waals surface area (Å²) in [6, 6.07) is 6.81. The Hall–Kier alpha value is -3.69. The predicted octanol–water partition coefficient (Wildman–Crippen LogP) is 4.83. The van der Waals surface area contributed by atoms with Crippen molar-refractivity contribution >= 4 is 28.4 Å². The molecule has 0 saturated heterocycles. The van der Waals surface area contributed by atoms with Crippen LogP contribution >= 0.6 is 0 Å². The minimum absolute atomic E-state index is 0.166. The van der Waals surface area contributed by atoms with Gasteiger partial charge in [-0.15, -0.1) is 0 Å². The lowest BCUT2D eigenvalue weighted by Crippen LogP contribution is -2.12. The molecule has 1 aliphatic carbocycles. The third-order valence-electron chi connectivity index (χ3n) is 5.52. The van der Waals surface area contributed by atoms with Crippen LogP contribution in [0.5, 0.6) is 0 Å². The summed E-state index contributed by atoms with van der Waals surface area (Å²) in [6.07, 6.45) is 5.61. The van der Waals surface area contributed by atoms with E-state index in [1.165, 1.54) is 32.3 Å². The van der Waals surface area contributed by atoms with Gasteiger partial charge in [-0.25, -0.2) is 18.7 Å². The van der Waals surface area contributed by atoms with Crippen LogP contribution in [0.4, 0.5) is 26.2 Å². The van der Waals surface area contributed by atoms with Crippen LogP contribution in [-0.4, -0.2) is 26.4 Å². The van der Waals surface area contributed by atoms with Gasteiger partial charge in [0.1, 0.15) is 29.3 Å². The zero-order valence-electron chi connectivity index (χ0n) is 17.7. The maximum Gasteiger partial charge on any atom is 0.226 e. The summed E-state index contributed by atoms with van der Waals surface area (Å²) in [7, 11) is 0. The van der Waals surface area contributed by atoms with Crippen LogP contribution in [0.2, 0.25) is 0 Å². The van der Waals surface area contributed by atoms with Gasteiger partial charge in [0.2, 0.25) is 5.88 Å². The summed E-state index contributed by atoms with van der Waals surface area (Å²) in [6.45, 7) is 2.95. The van der Waals surface area contributed by atoms with Gasteiger partial charge in [0.05, 0.1) is 17.7 Å². The van der Waals surface area contributed by atoms with Crippen molar-refractivity contribution in [1.82, 2.24) is 19.7 Å². The highest BCUT2D eigenvalue weighted by Gasteiger charge is 2.28. The fourth-order valence-electron chi connectivity index (χ4n) is 3.65. The van der Waals surface area contributed by atoms with Crippen molar-refractivity contribution in [3.63, 3.8) is 0 Å². The maximum absolute atomic E-state index is 14.9. The molecule has 0 spiro atoms. The van der Waals surface area contributed by atoms with Crippen LogP contribution in [0, 0.1) is 5.82 Å². The van der Waals surface area contributed by atoms with Gasteiger partial charge in [0.15, 0.2) is 5.67 Å². The fraction of sp³-hybridized carbons (Fsp3) is 0.318. The van der Waals surface area contributed by atoms with E-state index in [1.54, 1.807) is 6.07 Å². The van der Waals surface area contributed by atoms with E-state index >= 15 is 0 Å². The molecule has 8 nitrogen and oxygen atoms in total. The molecule has 0 radical (unpaired) electrons. The quantitative estimate of drug-likeness (QED) is 0.354. The van der Waals surface area contributed by atoms with Crippen LogP contribution < -0.4 is 16.4 Å². The van der Waals surface area contributed by atoms with E-state index in [1.807, 2.05) is 12.3 Å². The van der Waals surface area contributed by atoms with Crippen molar-refractivity contribution in [2.24, 2.45) is 0 Å². The predicted molar refractivity (Wildman–Crippen MR) is 118 cm³/mol. The molecule has 1 aliphatic rings. The molecule has 0 amide bonds. The first kappa shape index (κ1) is 20.2. The number of hydrogen-bond acceptors (Lipinski definition) is 7. The van der Waals surface area contributed by atoms with Gasteiger partial charge >= 0.3 is 0 Å². The lowest BCUT2D eigenvalue weighted by molar-refractivity contribution is 0.205. The van der Waals surface area contributed by atoms with Gasteiger partial charge in [-0.2, -0.15) is 0 Å². The van der Waals surface area contributed by atoms with E-state index in [-0.39, 0.29) is 12.4 Å². The second kappa shape index (κ2) is 7.47. The first-order valence-electron chi connectivity index (χ1n) is 10.4. The molecular formula is C22H23F2N7O. The van der Waals surface area contributed by atoms with Gasteiger partial charge in [-0.05, 0) is 44.4 Å². The maximum atomic E-state index is 14.9. The number of aromatic nitrogens is 4. The number of nitrogens with one attached hydrogen (secondary N) is 2. The standard InChI is InChI=1S/C22H23F2N7O/c1-22(2,24)17-8-18(32-30-17)27-10-26-16-6-3-12(7-15(16)23)14-9-31(13-4-5-13)21-19(14)20(25)28-11-29-21/h3,6-9,11,13,26-27H,4-5,10H2,1-2H3,(H2,25,28,29). The van der Waals surface area contributed by atoms with Crippen LogP contribution in [0.15, 0.2) is 41.3 Å². The molecule has 0 unspecified atom stereocenters. The van der Waals surface area contributed by atoms with E-state index < -0.39 is 11.5 Å². The van der Waals surface area contributed by atoms with Crippen molar-refractivity contribution < 1.29 is 13.3 Å². The second-order valence-corrected chi connectivity index (χ2v) is 8.41. The number of fused-ring (bicyclic) bond motifs is 1. The highest BCUT2D eigenvalue weighted by atomic mass is 19.1. The lowest BCUT2D eigenvalue weighted by Gasteiger charge is -2.10. The summed E-state index contributed by atoms with van der Waals surface area (Å²) in [5, 5.41) is 10.3. The number of anilines is 3. The zero-order chi connectivity index (χ0) is 22.5. The van der Waals surface area contributed by atoms with Crippen LogP contribution in [0.25, 0.3) is 22.2 Å². The fourth-order valence-corrected chi connectivity index (χ4v) is 3.65. The van der Waals surface area contributed by atoms with Crippen molar-refractivity contribution in [3.8, 4) is 11.1 Å². The molecule has 5 rings (SSSR count). The molecule has 166 valence electrons. The van der Waals surface area contributed by atoms with Crippen LogP contribution in [-0.2, 0) is 5.67 Å². The van der Waals surface area contributed by atoms with E-state index in [4.69, 9.17) is 10.3 Å². The smallest absolute Gasteiger partial charge is 0.226 e. The zero-order valence-corrected chi connectivity index (χ0v) is 17.7. The van der Waals surface area contributed by atoms with E-state index in [0.717, 1.165) is 29.4 Å². The van der Waals surface area contributed by atoms with Gasteiger partial charge in [0.25, 0.3) is 0 Å². The molecule has 3 aromatic heterocycles. The number of nitrogens with zero attached hydrogens (tertiary/aromatic N) is 4. The molecule has 4 aromatic rings. The molecule has 1 fully saturated rings. The monoisotopic (exact) mass is 439 g/mol. The third kappa shape index (κ3) is 3.72. The van der Waals surface area contributed by atoms with Crippen LogP contribution in [0.1, 0.15) is 38.4 Å². The number of alkyl halides is 1. The summed E-state index contributed by atoms with van der Waals surface area (Å²) >= 11 is 0. The average Bonchev–Trinajstić information content (AvgIpc) is 3.32. The average molecular weight is 439 g/mol. The van der Waals surface area contributed by atoms with Crippen molar-refractivity contribution in [1.29, 1.82) is 0 Å². The SMILES string of the molecule is CC(C)(F)c1cc(NCNc2ccc(-c3cn(C4CC4)c4ncnc(N)c34)cc2F)on1. The summed E-state index contributed by atoms with van der Waals surface area (Å²) in [4.78, 5) is 8.51. The highest BCUT2D eigenvalue weighted by Crippen LogP contribution is 2.42. The van der Waals surface area contributed by atoms with E-state index in [9.17, 15) is 8.78 Å². The minimum atomic E-state index is -1.60. The van der Waals surface area contributed by atoms with Gasteiger partial charge in [-0.3, -0.25) is 0 Å². The van der Waals surface area contributed by atoms with Crippen LogP contribution in [0.3, 0.4) is 0 Å². The molecule has 1 saturated carbocycles. The lowest BCUT2D eigenvalue weighted by atomic mass is 10.1. The van der Waals surface area contributed by atoms with Crippen molar-refractivity contribution in [2.75, 3.05) is 23.0 Å². The topological polar surface area (TPSA) is 107 Å². The third-order valence-corrected chi connectivity index (χ3v) is 5.52. The Labute approximate surface area is 182 Å². The number of nitrogen functional groups attached to an aromatic ring is 1. The molecular weight excluding hydrogens is 416 g/mol. The van der Waals surface area contributed by atoms with Gasteiger partial charge < -0.3 is 25.5 Å². The Kier molecular flexibility index (Phi) is 4.72. The molecule has 0 aliphatic heterocycles. The molecule has 0 bridgehead atoms. The first-order valence-corrected chi connectivity index (χ1v) is 10.4. The Balaban J connectivity index is 1.34. The second-order valence-electron chi connectivity index (χ2n) is 8.41. The number of rotatable bonds is 7. The Bertz CT molecular complexity index is 1290. The highest BCUT2D eigenvalue weighted by molar-refractivity contribution is 6.00. The summed E-state index contributed by atoms with van der Waals surface area (Å²) < 4.78 is 35.9. The molecule has 0 atom stereocenters.